The Labute approximate surface area is 115 Å². The molecule has 1 rings (SSSR count). The summed E-state index contributed by atoms with van der Waals surface area (Å²) < 4.78 is 5.36. The summed E-state index contributed by atoms with van der Waals surface area (Å²) in [6, 6.07) is 5.30. The van der Waals surface area contributed by atoms with Crippen molar-refractivity contribution in [2.45, 2.75) is 46.2 Å². The van der Waals surface area contributed by atoms with Gasteiger partial charge in [0, 0.05) is 11.6 Å². The second-order valence-corrected chi connectivity index (χ2v) is 4.75. The zero-order chi connectivity index (χ0) is 14.4. The second-order valence-electron chi connectivity index (χ2n) is 4.75. The van der Waals surface area contributed by atoms with Crippen molar-refractivity contribution in [1.82, 2.24) is 5.32 Å². The van der Waals surface area contributed by atoms with Crippen LogP contribution in [0.3, 0.4) is 0 Å². The number of ether oxygens (including phenoxy) is 1. The summed E-state index contributed by atoms with van der Waals surface area (Å²) in [6.45, 7) is 8.49. The molecule has 0 aromatic heterocycles. The van der Waals surface area contributed by atoms with Gasteiger partial charge in [0.2, 0.25) is 0 Å². The van der Waals surface area contributed by atoms with Crippen molar-refractivity contribution >= 4 is 11.5 Å². The van der Waals surface area contributed by atoms with Gasteiger partial charge >= 0.3 is 0 Å². The van der Waals surface area contributed by atoms with Crippen molar-refractivity contribution in [3.63, 3.8) is 0 Å². The Morgan fingerprint density at radius 3 is 2.58 bits per heavy atom. The lowest BCUT2D eigenvalue weighted by molar-refractivity contribution is 0.0945. The highest BCUT2D eigenvalue weighted by Crippen LogP contribution is 2.23. The van der Waals surface area contributed by atoms with E-state index in [2.05, 4.69) is 19.2 Å². The molecule has 0 amide bonds. The first-order valence-electron chi connectivity index (χ1n) is 6.82. The zero-order valence-electron chi connectivity index (χ0n) is 12.2. The number of nitrogens with one attached hydrogen (secondary N) is 1. The Balaban J connectivity index is 2.79. The van der Waals surface area contributed by atoms with Crippen molar-refractivity contribution in [3.05, 3.63) is 23.8 Å². The fourth-order valence-electron chi connectivity index (χ4n) is 1.86. The third-order valence-electron chi connectivity index (χ3n) is 3.13. The number of nitrogens with two attached hydrogens (primary N) is 1. The van der Waals surface area contributed by atoms with Crippen LogP contribution in [0, 0.1) is 0 Å². The number of rotatable bonds is 7. The SMILES string of the molecule is CCOc1ccc(C(=O)C(C)NC(C)CC)cc1N. The molecule has 1 aromatic carbocycles. The predicted octanol–water partition coefficient (Wildman–Crippen LogP) is 2.63. The number of ketones is 1. The quantitative estimate of drug-likeness (QED) is 0.587. The summed E-state index contributed by atoms with van der Waals surface area (Å²) in [6.07, 6.45) is 0.989. The number of Topliss-reactive ketones (excluding diaryl/α,β-unsaturated/α-hetero) is 1. The van der Waals surface area contributed by atoms with E-state index in [0.717, 1.165) is 6.42 Å². The molecular formula is C15H24N2O2. The smallest absolute Gasteiger partial charge is 0.179 e. The minimum Gasteiger partial charge on any atom is -0.492 e. The van der Waals surface area contributed by atoms with E-state index in [1.807, 2.05) is 13.8 Å². The van der Waals surface area contributed by atoms with Gasteiger partial charge in [-0.25, -0.2) is 0 Å². The number of anilines is 1. The summed E-state index contributed by atoms with van der Waals surface area (Å²) >= 11 is 0. The van der Waals surface area contributed by atoms with Gasteiger partial charge in [-0.05, 0) is 45.4 Å². The van der Waals surface area contributed by atoms with E-state index in [1.54, 1.807) is 18.2 Å². The van der Waals surface area contributed by atoms with Crippen LogP contribution in [0.5, 0.6) is 5.75 Å². The van der Waals surface area contributed by atoms with Gasteiger partial charge < -0.3 is 15.8 Å². The molecule has 0 aliphatic heterocycles. The first kappa shape index (κ1) is 15.5. The van der Waals surface area contributed by atoms with E-state index >= 15 is 0 Å². The standard InChI is InChI=1S/C15H24N2O2/c1-5-10(3)17-11(4)15(18)12-7-8-14(19-6-2)13(16)9-12/h7-11,17H,5-6,16H2,1-4H3. The fraction of sp³-hybridized carbons (Fsp3) is 0.533. The van der Waals surface area contributed by atoms with E-state index in [-0.39, 0.29) is 11.8 Å². The number of benzene rings is 1. The second kappa shape index (κ2) is 7.14. The van der Waals surface area contributed by atoms with Crippen LogP contribution in [0.2, 0.25) is 0 Å². The molecule has 0 heterocycles. The van der Waals surface area contributed by atoms with Crippen LogP contribution in [0.4, 0.5) is 5.69 Å². The molecule has 0 radical (unpaired) electrons. The molecule has 0 bridgehead atoms. The van der Waals surface area contributed by atoms with Gasteiger partial charge in [0.05, 0.1) is 18.3 Å². The van der Waals surface area contributed by atoms with E-state index < -0.39 is 0 Å². The summed E-state index contributed by atoms with van der Waals surface area (Å²) in [5, 5.41) is 3.27. The molecule has 4 nitrogen and oxygen atoms in total. The van der Waals surface area contributed by atoms with E-state index in [4.69, 9.17) is 10.5 Å². The third-order valence-corrected chi connectivity index (χ3v) is 3.13. The number of hydrogen-bond donors (Lipinski definition) is 2. The van der Waals surface area contributed by atoms with Crippen molar-refractivity contribution in [3.8, 4) is 5.75 Å². The van der Waals surface area contributed by atoms with Crippen molar-refractivity contribution < 1.29 is 9.53 Å². The van der Waals surface area contributed by atoms with Crippen molar-refractivity contribution in [1.29, 1.82) is 0 Å². The third kappa shape index (κ3) is 4.24. The maximum Gasteiger partial charge on any atom is 0.179 e. The van der Waals surface area contributed by atoms with Gasteiger partial charge in [0.25, 0.3) is 0 Å². The first-order chi connectivity index (χ1) is 8.99. The Hall–Kier alpha value is -1.55. The molecule has 0 aliphatic carbocycles. The normalized spacial score (nSPS) is 13.9. The van der Waals surface area contributed by atoms with Gasteiger partial charge in [-0.15, -0.1) is 0 Å². The van der Waals surface area contributed by atoms with Crippen LogP contribution in [0.1, 0.15) is 44.5 Å². The van der Waals surface area contributed by atoms with Gasteiger partial charge in [0.15, 0.2) is 5.78 Å². The molecule has 3 N–H and O–H groups in total. The van der Waals surface area contributed by atoms with E-state index in [1.165, 1.54) is 0 Å². The molecule has 0 fully saturated rings. The molecule has 2 unspecified atom stereocenters. The summed E-state index contributed by atoms with van der Waals surface area (Å²) in [7, 11) is 0. The zero-order valence-corrected chi connectivity index (χ0v) is 12.2. The van der Waals surface area contributed by atoms with E-state index in [0.29, 0.717) is 29.6 Å². The molecule has 0 saturated heterocycles. The highest BCUT2D eigenvalue weighted by Gasteiger charge is 2.17. The van der Waals surface area contributed by atoms with Crippen LogP contribution in [-0.4, -0.2) is 24.5 Å². The summed E-state index contributed by atoms with van der Waals surface area (Å²) in [5.41, 5.74) is 6.99. The van der Waals surface area contributed by atoms with Crippen LogP contribution < -0.4 is 15.8 Å². The molecule has 1 aromatic rings. The monoisotopic (exact) mass is 264 g/mol. The Kier molecular flexibility index (Phi) is 5.83. The van der Waals surface area contributed by atoms with Gasteiger partial charge in [0.1, 0.15) is 5.75 Å². The van der Waals surface area contributed by atoms with E-state index in [9.17, 15) is 4.79 Å². The highest BCUT2D eigenvalue weighted by molar-refractivity contribution is 6.00. The Bertz CT molecular complexity index is 432. The fourth-order valence-corrected chi connectivity index (χ4v) is 1.86. The topological polar surface area (TPSA) is 64.3 Å². The lowest BCUT2D eigenvalue weighted by atomic mass is 10.0. The van der Waals surface area contributed by atoms with Crippen LogP contribution in [0.25, 0.3) is 0 Å². The number of carbonyl (C=O) groups excluding carboxylic acids is 1. The molecule has 0 aliphatic rings. The van der Waals surface area contributed by atoms with Gasteiger partial charge in [-0.3, -0.25) is 4.79 Å². The number of carbonyl (C=O) groups is 1. The Morgan fingerprint density at radius 2 is 2.05 bits per heavy atom. The molecule has 0 saturated carbocycles. The minimum atomic E-state index is -0.215. The van der Waals surface area contributed by atoms with Crippen molar-refractivity contribution in [2.75, 3.05) is 12.3 Å². The van der Waals surface area contributed by atoms with Gasteiger partial charge in [-0.2, -0.15) is 0 Å². The highest BCUT2D eigenvalue weighted by atomic mass is 16.5. The van der Waals surface area contributed by atoms with Crippen LogP contribution in [0.15, 0.2) is 18.2 Å². The van der Waals surface area contributed by atoms with Gasteiger partial charge in [-0.1, -0.05) is 6.92 Å². The summed E-state index contributed by atoms with van der Waals surface area (Å²) in [5.74, 6) is 0.677. The minimum absolute atomic E-state index is 0.0510. The number of nitrogen functional groups attached to an aromatic ring is 1. The molecule has 19 heavy (non-hydrogen) atoms. The maximum atomic E-state index is 12.3. The molecule has 0 spiro atoms. The largest absolute Gasteiger partial charge is 0.492 e. The molecule has 106 valence electrons. The predicted molar refractivity (Wildman–Crippen MR) is 78.7 cm³/mol. The van der Waals surface area contributed by atoms with Crippen LogP contribution >= 0.6 is 0 Å². The average molecular weight is 264 g/mol. The number of hydrogen-bond acceptors (Lipinski definition) is 4. The van der Waals surface area contributed by atoms with Crippen LogP contribution in [-0.2, 0) is 0 Å². The average Bonchev–Trinajstić information content (AvgIpc) is 2.40. The first-order valence-corrected chi connectivity index (χ1v) is 6.82. The lowest BCUT2D eigenvalue weighted by Gasteiger charge is -2.18. The summed E-state index contributed by atoms with van der Waals surface area (Å²) in [4.78, 5) is 12.3. The van der Waals surface area contributed by atoms with Crippen molar-refractivity contribution in [2.24, 2.45) is 0 Å². The molecular weight excluding hydrogens is 240 g/mol. The molecule has 4 heteroatoms. The maximum absolute atomic E-state index is 12.3. The Morgan fingerprint density at radius 1 is 1.37 bits per heavy atom. The molecule has 2 atom stereocenters. The lowest BCUT2D eigenvalue weighted by Crippen LogP contribution is -2.39.